The largest absolute Gasteiger partial charge is 0.352 e. The van der Waals surface area contributed by atoms with E-state index in [1.807, 2.05) is 18.8 Å². The second-order valence-electron chi connectivity index (χ2n) is 6.74. The highest BCUT2D eigenvalue weighted by molar-refractivity contribution is 14.0. The fourth-order valence-electron chi connectivity index (χ4n) is 3.87. The van der Waals surface area contributed by atoms with E-state index in [-0.39, 0.29) is 24.0 Å². The summed E-state index contributed by atoms with van der Waals surface area (Å²) >= 11 is 0. The van der Waals surface area contributed by atoms with Gasteiger partial charge in [-0.3, -0.25) is 14.8 Å². The second-order valence-corrected chi connectivity index (χ2v) is 6.74. The highest BCUT2D eigenvalue weighted by Gasteiger charge is 2.24. The fraction of sp³-hybridized carbons (Fsp3) is 0.667. The summed E-state index contributed by atoms with van der Waals surface area (Å²) in [6.07, 6.45) is 5.65. The number of nitrogens with one attached hydrogen (secondary N) is 2. The summed E-state index contributed by atoms with van der Waals surface area (Å²) in [4.78, 5) is 11.1. The Balaban J connectivity index is 0.00000261. The van der Waals surface area contributed by atoms with Crippen molar-refractivity contribution in [2.75, 3.05) is 20.1 Å². The summed E-state index contributed by atoms with van der Waals surface area (Å²) in [6, 6.07) is 0. The average Bonchev–Trinajstić information content (AvgIpc) is 3.30. The molecule has 1 aliphatic heterocycles. The SMILES string of the molecule is CCc1nn(C)c(CC)c1CNC(=NC)N1CCC(c2ncn[nH]2)CC1.I. The lowest BCUT2D eigenvalue weighted by Crippen LogP contribution is -2.45. The molecule has 2 aromatic rings. The van der Waals surface area contributed by atoms with Crippen LogP contribution in [0.25, 0.3) is 0 Å². The number of aliphatic imine (C=N–C) groups is 1. The minimum absolute atomic E-state index is 0. The second kappa shape index (κ2) is 10.0. The van der Waals surface area contributed by atoms with Gasteiger partial charge in [-0.15, -0.1) is 24.0 Å². The predicted octanol–water partition coefficient (Wildman–Crippen LogP) is 2.24. The first-order valence-electron chi connectivity index (χ1n) is 9.52. The van der Waals surface area contributed by atoms with Crippen molar-refractivity contribution in [3.63, 3.8) is 0 Å². The van der Waals surface area contributed by atoms with Crippen LogP contribution in [0, 0.1) is 0 Å². The van der Waals surface area contributed by atoms with Crippen molar-refractivity contribution in [3.05, 3.63) is 29.1 Å². The lowest BCUT2D eigenvalue weighted by Gasteiger charge is -2.33. The molecule has 0 unspecified atom stereocenters. The number of aromatic nitrogens is 5. The van der Waals surface area contributed by atoms with Crippen molar-refractivity contribution in [3.8, 4) is 0 Å². The number of rotatable bonds is 5. The molecule has 9 heteroatoms. The first kappa shape index (κ1) is 21.6. The quantitative estimate of drug-likeness (QED) is 0.385. The number of piperidine rings is 1. The van der Waals surface area contributed by atoms with E-state index < -0.39 is 0 Å². The zero-order chi connectivity index (χ0) is 18.5. The van der Waals surface area contributed by atoms with E-state index >= 15 is 0 Å². The monoisotopic (exact) mass is 486 g/mol. The number of likely N-dealkylation sites (tertiary alicyclic amines) is 1. The van der Waals surface area contributed by atoms with Crippen LogP contribution in [-0.2, 0) is 26.4 Å². The number of aromatic amines is 1. The Hall–Kier alpha value is -1.65. The van der Waals surface area contributed by atoms with Crippen molar-refractivity contribution in [2.24, 2.45) is 12.0 Å². The van der Waals surface area contributed by atoms with Gasteiger partial charge in [-0.2, -0.15) is 10.2 Å². The van der Waals surface area contributed by atoms with E-state index in [0.29, 0.717) is 5.92 Å². The molecule has 150 valence electrons. The smallest absolute Gasteiger partial charge is 0.193 e. The Morgan fingerprint density at radius 1 is 1.30 bits per heavy atom. The molecular weight excluding hydrogens is 455 g/mol. The molecule has 1 fully saturated rings. The maximum atomic E-state index is 4.66. The Morgan fingerprint density at radius 3 is 2.59 bits per heavy atom. The van der Waals surface area contributed by atoms with Gasteiger partial charge in [0, 0.05) is 50.9 Å². The van der Waals surface area contributed by atoms with Gasteiger partial charge in [-0.05, 0) is 25.7 Å². The van der Waals surface area contributed by atoms with E-state index in [2.05, 4.69) is 49.3 Å². The van der Waals surface area contributed by atoms with E-state index in [0.717, 1.165) is 57.1 Å². The normalized spacial score (nSPS) is 15.7. The number of H-pyrrole nitrogens is 1. The van der Waals surface area contributed by atoms with Gasteiger partial charge in [-0.25, -0.2) is 4.98 Å². The Labute approximate surface area is 178 Å². The molecular formula is C18H31IN8. The van der Waals surface area contributed by atoms with Crippen LogP contribution in [0.3, 0.4) is 0 Å². The molecule has 0 saturated carbocycles. The average molecular weight is 486 g/mol. The zero-order valence-corrected chi connectivity index (χ0v) is 19.0. The van der Waals surface area contributed by atoms with E-state index in [9.17, 15) is 0 Å². The topological polar surface area (TPSA) is 87.0 Å². The van der Waals surface area contributed by atoms with Gasteiger partial charge in [-0.1, -0.05) is 13.8 Å². The summed E-state index contributed by atoms with van der Waals surface area (Å²) in [6.45, 7) is 7.06. The molecule has 1 saturated heterocycles. The maximum absolute atomic E-state index is 4.66. The first-order valence-corrected chi connectivity index (χ1v) is 9.52. The minimum atomic E-state index is 0. The molecule has 0 bridgehead atoms. The molecule has 8 nitrogen and oxygen atoms in total. The molecule has 27 heavy (non-hydrogen) atoms. The van der Waals surface area contributed by atoms with Crippen LogP contribution < -0.4 is 5.32 Å². The van der Waals surface area contributed by atoms with Gasteiger partial charge >= 0.3 is 0 Å². The zero-order valence-electron chi connectivity index (χ0n) is 16.7. The van der Waals surface area contributed by atoms with E-state index in [1.54, 1.807) is 6.33 Å². The highest BCUT2D eigenvalue weighted by Crippen LogP contribution is 2.25. The standard InChI is InChI=1S/C18H30N8.HI/c1-5-15-14(16(6-2)25(4)24-15)11-20-18(19-3)26-9-7-13(8-10-26)17-21-12-22-23-17;/h12-13H,5-11H2,1-4H3,(H,19,20)(H,21,22,23);1H. The van der Waals surface area contributed by atoms with Gasteiger partial charge < -0.3 is 10.2 Å². The Bertz CT molecular complexity index is 729. The number of guanidine groups is 1. The summed E-state index contributed by atoms with van der Waals surface area (Å²) < 4.78 is 2.02. The molecule has 0 spiro atoms. The predicted molar refractivity (Wildman–Crippen MR) is 118 cm³/mol. The van der Waals surface area contributed by atoms with Crippen LogP contribution in [0.1, 0.15) is 55.4 Å². The maximum Gasteiger partial charge on any atom is 0.193 e. The third-order valence-corrected chi connectivity index (χ3v) is 5.28. The van der Waals surface area contributed by atoms with Crippen LogP contribution in [0.15, 0.2) is 11.3 Å². The molecule has 0 radical (unpaired) electrons. The van der Waals surface area contributed by atoms with Crippen molar-refractivity contribution in [1.82, 2.24) is 35.2 Å². The number of halogens is 1. The molecule has 0 aliphatic carbocycles. The molecule has 3 heterocycles. The molecule has 2 N–H and O–H groups in total. The highest BCUT2D eigenvalue weighted by atomic mass is 127. The molecule has 2 aromatic heterocycles. The lowest BCUT2D eigenvalue weighted by atomic mass is 9.96. The molecule has 1 aliphatic rings. The summed E-state index contributed by atoms with van der Waals surface area (Å²) in [5.74, 6) is 2.43. The van der Waals surface area contributed by atoms with Gasteiger partial charge in [0.25, 0.3) is 0 Å². The van der Waals surface area contributed by atoms with Crippen LogP contribution in [0.5, 0.6) is 0 Å². The van der Waals surface area contributed by atoms with Gasteiger partial charge in [0.05, 0.1) is 5.69 Å². The van der Waals surface area contributed by atoms with Crippen LogP contribution in [0.2, 0.25) is 0 Å². The number of hydrogen-bond donors (Lipinski definition) is 2. The fourth-order valence-corrected chi connectivity index (χ4v) is 3.87. The molecule has 0 atom stereocenters. The van der Waals surface area contributed by atoms with Crippen molar-refractivity contribution >= 4 is 29.9 Å². The van der Waals surface area contributed by atoms with Crippen molar-refractivity contribution in [2.45, 2.75) is 52.0 Å². The molecule has 3 rings (SSSR count). The Morgan fingerprint density at radius 2 is 2.04 bits per heavy atom. The van der Waals surface area contributed by atoms with Crippen molar-refractivity contribution < 1.29 is 0 Å². The minimum Gasteiger partial charge on any atom is -0.352 e. The number of hydrogen-bond acceptors (Lipinski definition) is 4. The van der Waals surface area contributed by atoms with Crippen LogP contribution in [0.4, 0.5) is 0 Å². The Kier molecular flexibility index (Phi) is 8.06. The third kappa shape index (κ3) is 4.80. The summed E-state index contributed by atoms with van der Waals surface area (Å²) in [7, 11) is 3.89. The van der Waals surface area contributed by atoms with Gasteiger partial charge in [0.15, 0.2) is 5.96 Å². The van der Waals surface area contributed by atoms with E-state index in [4.69, 9.17) is 0 Å². The van der Waals surface area contributed by atoms with Crippen LogP contribution in [-0.4, -0.2) is 56.0 Å². The summed E-state index contributed by atoms with van der Waals surface area (Å²) in [5, 5.41) is 15.2. The lowest BCUT2D eigenvalue weighted by molar-refractivity contribution is 0.298. The van der Waals surface area contributed by atoms with Crippen molar-refractivity contribution in [1.29, 1.82) is 0 Å². The number of nitrogens with zero attached hydrogens (tertiary/aromatic N) is 6. The van der Waals surface area contributed by atoms with E-state index in [1.165, 1.54) is 17.0 Å². The molecule has 0 amide bonds. The van der Waals surface area contributed by atoms with Gasteiger partial charge in [0.2, 0.25) is 0 Å². The van der Waals surface area contributed by atoms with Gasteiger partial charge in [0.1, 0.15) is 12.2 Å². The molecule has 0 aromatic carbocycles. The van der Waals surface area contributed by atoms with Crippen LogP contribution >= 0.6 is 24.0 Å². The first-order chi connectivity index (χ1) is 12.7. The third-order valence-electron chi connectivity index (χ3n) is 5.28. The number of aryl methyl sites for hydroxylation is 2. The summed E-state index contributed by atoms with van der Waals surface area (Å²) in [5.41, 5.74) is 3.79.